The molecule has 2 nitrogen and oxygen atoms in total. The van der Waals surface area contributed by atoms with E-state index in [9.17, 15) is 0 Å². The summed E-state index contributed by atoms with van der Waals surface area (Å²) in [7, 11) is 2.10. The third-order valence-corrected chi connectivity index (χ3v) is 3.25. The summed E-state index contributed by atoms with van der Waals surface area (Å²) in [6.45, 7) is 5.20. The van der Waals surface area contributed by atoms with E-state index in [-0.39, 0.29) is 0 Å². The summed E-state index contributed by atoms with van der Waals surface area (Å²) < 4.78 is 0. The van der Waals surface area contributed by atoms with Crippen LogP contribution in [0.1, 0.15) is 16.7 Å². The molecular formula is C16H20N2. The van der Waals surface area contributed by atoms with E-state index in [0.29, 0.717) is 0 Å². The van der Waals surface area contributed by atoms with Crippen LogP contribution in [0.15, 0.2) is 42.5 Å². The highest BCUT2D eigenvalue weighted by atomic mass is 15.1. The molecule has 0 saturated carbocycles. The zero-order valence-electron chi connectivity index (χ0n) is 11.3. The van der Waals surface area contributed by atoms with Gasteiger partial charge >= 0.3 is 0 Å². The minimum absolute atomic E-state index is 0.805. The molecule has 0 bridgehead atoms. The fourth-order valence-electron chi connectivity index (χ4n) is 2.05. The van der Waals surface area contributed by atoms with Gasteiger partial charge in [-0.05, 0) is 49.2 Å². The molecule has 0 amide bonds. The molecule has 0 heterocycles. The van der Waals surface area contributed by atoms with E-state index in [0.717, 1.165) is 12.2 Å². The molecule has 0 atom stereocenters. The Bertz CT molecular complexity index is 529. The largest absolute Gasteiger partial charge is 0.399 e. The van der Waals surface area contributed by atoms with E-state index in [1.165, 1.54) is 22.4 Å². The SMILES string of the molecule is Cc1ccc(C)c(CN(C)c2ccc(N)cc2)c1. The smallest absolute Gasteiger partial charge is 0.0428 e. The first-order valence-electron chi connectivity index (χ1n) is 6.19. The van der Waals surface area contributed by atoms with Crippen molar-refractivity contribution in [2.75, 3.05) is 17.7 Å². The zero-order valence-corrected chi connectivity index (χ0v) is 11.3. The van der Waals surface area contributed by atoms with Gasteiger partial charge in [-0.15, -0.1) is 0 Å². The number of nitrogens with two attached hydrogens (primary N) is 1. The third-order valence-electron chi connectivity index (χ3n) is 3.25. The molecule has 2 N–H and O–H groups in total. The molecule has 2 aromatic carbocycles. The van der Waals surface area contributed by atoms with Crippen molar-refractivity contribution in [1.82, 2.24) is 0 Å². The maximum Gasteiger partial charge on any atom is 0.0428 e. The fourth-order valence-corrected chi connectivity index (χ4v) is 2.05. The van der Waals surface area contributed by atoms with Crippen LogP contribution in [-0.2, 0) is 6.54 Å². The normalized spacial score (nSPS) is 10.4. The molecule has 18 heavy (non-hydrogen) atoms. The van der Waals surface area contributed by atoms with Crippen molar-refractivity contribution < 1.29 is 0 Å². The van der Waals surface area contributed by atoms with Crippen molar-refractivity contribution in [2.45, 2.75) is 20.4 Å². The summed E-state index contributed by atoms with van der Waals surface area (Å²) in [5.41, 5.74) is 11.7. The molecule has 0 saturated heterocycles. The summed E-state index contributed by atoms with van der Waals surface area (Å²) in [5, 5.41) is 0. The molecule has 0 aliphatic rings. The molecule has 0 unspecified atom stereocenters. The minimum Gasteiger partial charge on any atom is -0.399 e. The van der Waals surface area contributed by atoms with Crippen LogP contribution < -0.4 is 10.6 Å². The molecule has 2 rings (SSSR count). The summed E-state index contributed by atoms with van der Waals surface area (Å²) in [5.74, 6) is 0. The Hall–Kier alpha value is -1.96. The lowest BCUT2D eigenvalue weighted by Crippen LogP contribution is -2.17. The molecule has 0 aromatic heterocycles. The van der Waals surface area contributed by atoms with Crippen molar-refractivity contribution in [1.29, 1.82) is 0 Å². The monoisotopic (exact) mass is 240 g/mol. The number of nitrogen functional groups attached to an aromatic ring is 1. The average Bonchev–Trinajstić information content (AvgIpc) is 2.34. The van der Waals surface area contributed by atoms with Crippen LogP contribution in [0.3, 0.4) is 0 Å². The molecule has 94 valence electrons. The van der Waals surface area contributed by atoms with Crippen molar-refractivity contribution in [3.8, 4) is 0 Å². The average molecular weight is 240 g/mol. The molecule has 2 aromatic rings. The van der Waals surface area contributed by atoms with Gasteiger partial charge in [0.1, 0.15) is 0 Å². The predicted molar refractivity (Wildman–Crippen MR) is 78.9 cm³/mol. The summed E-state index contributed by atoms with van der Waals surface area (Å²) in [4.78, 5) is 2.24. The quantitative estimate of drug-likeness (QED) is 0.832. The third kappa shape index (κ3) is 2.83. The topological polar surface area (TPSA) is 29.3 Å². The van der Waals surface area contributed by atoms with Crippen LogP contribution in [0.25, 0.3) is 0 Å². The highest BCUT2D eigenvalue weighted by Crippen LogP contribution is 2.19. The summed E-state index contributed by atoms with van der Waals surface area (Å²) in [6.07, 6.45) is 0. The van der Waals surface area contributed by atoms with Crippen molar-refractivity contribution in [3.05, 3.63) is 59.2 Å². The van der Waals surface area contributed by atoms with Gasteiger partial charge in [0.25, 0.3) is 0 Å². The van der Waals surface area contributed by atoms with E-state index in [1.807, 2.05) is 12.1 Å². The van der Waals surface area contributed by atoms with Crippen molar-refractivity contribution in [3.63, 3.8) is 0 Å². The van der Waals surface area contributed by atoms with Crippen LogP contribution in [0.4, 0.5) is 11.4 Å². The van der Waals surface area contributed by atoms with Gasteiger partial charge in [0, 0.05) is 25.0 Å². The van der Waals surface area contributed by atoms with Crippen molar-refractivity contribution in [2.24, 2.45) is 0 Å². The van der Waals surface area contributed by atoms with Crippen LogP contribution in [-0.4, -0.2) is 7.05 Å². The first-order chi connectivity index (χ1) is 8.56. The van der Waals surface area contributed by atoms with E-state index in [4.69, 9.17) is 5.73 Å². The fraction of sp³-hybridized carbons (Fsp3) is 0.250. The van der Waals surface area contributed by atoms with Gasteiger partial charge in [-0.25, -0.2) is 0 Å². The van der Waals surface area contributed by atoms with Gasteiger partial charge in [0.2, 0.25) is 0 Å². The van der Waals surface area contributed by atoms with Gasteiger partial charge in [0.05, 0.1) is 0 Å². The van der Waals surface area contributed by atoms with Crippen LogP contribution in [0.2, 0.25) is 0 Å². The molecule has 0 fully saturated rings. The molecule has 0 aliphatic heterocycles. The summed E-state index contributed by atoms with van der Waals surface area (Å²) in [6, 6.07) is 14.6. The summed E-state index contributed by atoms with van der Waals surface area (Å²) >= 11 is 0. The second kappa shape index (κ2) is 5.13. The van der Waals surface area contributed by atoms with E-state index in [1.54, 1.807) is 0 Å². The Morgan fingerprint density at radius 3 is 2.33 bits per heavy atom. The predicted octanol–water partition coefficient (Wildman–Crippen LogP) is 3.52. The zero-order chi connectivity index (χ0) is 13.1. The van der Waals surface area contributed by atoms with Gasteiger partial charge in [-0.2, -0.15) is 0 Å². The number of nitrogens with zero attached hydrogens (tertiary/aromatic N) is 1. The van der Waals surface area contributed by atoms with Gasteiger partial charge in [-0.1, -0.05) is 23.8 Å². The first kappa shape index (κ1) is 12.5. The standard InChI is InChI=1S/C16H20N2/c1-12-4-5-13(2)14(10-12)11-18(3)16-8-6-15(17)7-9-16/h4-10H,11,17H2,1-3H3. The molecule has 0 radical (unpaired) electrons. The van der Waals surface area contributed by atoms with Gasteiger partial charge in [0.15, 0.2) is 0 Å². The number of aryl methyl sites for hydroxylation is 2. The lowest BCUT2D eigenvalue weighted by molar-refractivity contribution is 0.913. The second-order valence-electron chi connectivity index (χ2n) is 4.88. The van der Waals surface area contributed by atoms with Gasteiger partial charge in [-0.3, -0.25) is 0 Å². The van der Waals surface area contributed by atoms with Crippen LogP contribution in [0.5, 0.6) is 0 Å². The van der Waals surface area contributed by atoms with E-state index >= 15 is 0 Å². The van der Waals surface area contributed by atoms with Crippen LogP contribution >= 0.6 is 0 Å². The Kier molecular flexibility index (Phi) is 3.56. The Labute approximate surface area is 109 Å². The Balaban J connectivity index is 2.18. The van der Waals surface area contributed by atoms with Crippen molar-refractivity contribution >= 4 is 11.4 Å². The number of rotatable bonds is 3. The lowest BCUT2D eigenvalue weighted by atomic mass is 10.1. The molecule has 2 heteroatoms. The Morgan fingerprint density at radius 1 is 1.00 bits per heavy atom. The second-order valence-corrected chi connectivity index (χ2v) is 4.88. The highest BCUT2D eigenvalue weighted by molar-refractivity contribution is 5.53. The maximum atomic E-state index is 5.70. The first-order valence-corrected chi connectivity index (χ1v) is 6.19. The van der Waals surface area contributed by atoms with Gasteiger partial charge < -0.3 is 10.6 Å². The number of hydrogen-bond acceptors (Lipinski definition) is 2. The van der Waals surface area contributed by atoms with E-state index in [2.05, 4.69) is 56.1 Å². The maximum absolute atomic E-state index is 5.70. The number of benzene rings is 2. The molecular weight excluding hydrogens is 220 g/mol. The van der Waals surface area contributed by atoms with E-state index < -0.39 is 0 Å². The highest BCUT2D eigenvalue weighted by Gasteiger charge is 2.04. The van der Waals surface area contributed by atoms with Crippen LogP contribution in [0, 0.1) is 13.8 Å². The molecule has 0 aliphatic carbocycles. The Morgan fingerprint density at radius 2 is 1.67 bits per heavy atom. The molecule has 0 spiro atoms. The lowest BCUT2D eigenvalue weighted by Gasteiger charge is -2.21. The minimum atomic E-state index is 0.805. The number of hydrogen-bond donors (Lipinski definition) is 1. The number of anilines is 2.